The van der Waals surface area contributed by atoms with Gasteiger partial charge in [-0.05, 0) is 55.8 Å². The van der Waals surface area contributed by atoms with Crippen LogP contribution in [0.1, 0.15) is 12.5 Å². The van der Waals surface area contributed by atoms with Crippen LogP contribution in [-0.4, -0.2) is 19.8 Å². The van der Waals surface area contributed by atoms with Crippen molar-refractivity contribution in [2.75, 3.05) is 19.8 Å². The summed E-state index contributed by atoms with van der Waals surface area (Å²) < 4.78 is 16.6. The smallest absolute Gasteiger partial charge is 0.122 e. The fourth-order valence-electron chi connectivity index (χ4n) is 1.82. The molecular weight excluding hydrogens is 252 g/mol. The lowest BCUT2D eigenvalue weighted by atomic mass is 10.2. The van der Waals surface area contributed by atoms with Gasteiger partial charge in [-0.3, -0.25) is 0 Å². The molecule has 0 aliphatic heterocycles. The summed E-state index contributed by atoms with van der Waals surface area (Å²) in [7, 11) is 0. The van der Waals surface area contributed by atoms with Crippen LogP contribution in [-0.2, 0) is 0 Å². The molecule has 2 aromatic rings. The predicted molar refractivity (Wildman–Crippen MR) is 79.8 cm³/mol. The topological polar surface area (TPSA) is 27.7 Å². The van der Waals surface area contributed by atoms with Crippen molar-refractivity contribution < 1.29 is 14.2 Å². The van der Waals surface area contributed by atoms with E-state index in [9.17, 15) is 0 Å². The number of benzene rings is 2. The SMILES string of the molecule is CCOc1ccc(OCCOc2cccc(C)c2)cc1. The van der Waals surface area contributed by atoms with E-state index in [1.54, 1.807) is 0 Å². The maximum Gasteiger partial charge on any atom is 0.122 e. The first kappa shape index (κ1) is 14.3. The summed E-state index contributed by atoms with van der Waals surface area (Å²) in [5.74, 6) is 2.55. The lowest BCUT2D eigenvalue weighted by Gasteiger charge is -2.09. The fourth-order valence-corrected chi connectivity index (χ4v) is 1.82. The van der Waals surface area contributed by atoms with Crippen molar-refractivity contribution in [1.82, 2.24) is 0 Å². The van der Waals surface area contributed by atoms with Crippen LogP contribution in [0.3, 0.4) is 0 Å². The van der Waals surface area contributed by atoms with Crippen LogP contribution >= 0.6 is 0 Å². The van der Waals surface area contributed by atoms with E-state index in [0.717, 1.165) is 17.2 Å². The van der Waals surface area contributed by atoms with Gasteiger partial charge in [0.05, 0.1) is 6.61 Å². The molecule has 0 aromatic heterocycles. The summed E-state index contributed by atoms with van der Waals surface area (Å²) >= 11 is 0. The summed E-state index contributed by atoms with van der Waals surface area (Å²) in [6.45, 7) is 5.72. The van der Waals surface area contributed by atoms with Gasteiger partial charge in [-0.25, -0.2) is 0 Å². The third-order valence-electron chi connectivity index (χ3n) is 2.75. The first-order chi connectivity index (χ1) is 9.78. The Kier molecular flexibility index (Phi) is 5.30. The molecule has 0 atom stereocenters. The van der Waals surface area contributed by atoms with Crippen molar-refractivity contribution >= 4 is 0 Å². The van der Waals surface area contributed by atoms with Gasteiger partial charge in [0.2, 0.25) is 0 Å². The van der Waals surface area contributed by atoms with Gasteiger partial charge in [0.15, 0.2) is 0 Å². The highest BCUT2D eigenvalue weighted by Crippen LogP contribution is 2.17. The van der Waals surface area contributed by atoms with Crippen molar-refractivity contribution in [2.24, 2.45) is 0 Å². The van der Waals surface area contributed by atoms with Crippen molar-refractivity contribution in [1.29, 1.82) is 0 Å². The lowest BCUT2D eigenvalue weighted by Crippen LogP contribution is -2.09. The van der Waals surface area contributed by atoms with E-state index in [-0.39, 0.29) is 0 Å². The monoisotopic (exact) mass is 272 g/mol. The quantitative estimate of drug-likeness (QED) is 0.716. The van der Waals surface area contributed by atoms with Crippen LogP contribution in [0.2, 0.25) is 0 Å². The highest BCUT2D eigenvalue weighted by Gasteiger charge is 1.97. The van der Waals surface area contributed by atoms with Gasteiger partial charge in [0, 0.05) is 0 Å². The van der Waals surface area contributed by atoms with Gasteiger partial charge >= 0.3 is 0 Å². The molecule has 0 spiro atoms. The molecule has 3 heteroatoms. The Labute approximate surface area is 120 Å². The van der Waals surface area contributed by atoms with Gasteiger partial charge in [-0.15, -0.1) is 0 Å². The summed E-state index contributed by atoms with van der Waals surface area (Å²) in [5, 5.41) is 0. The molecule has 0 saturated heterocycles. The van der Waals surface area contributed by atoms with Crippen LogP contribution in [0, 0.1) is 6.92 Å². The summed E-state index contributed by atoms with van der Waals surface area (Å²) in [6, 6.07) is 15.6. The van der Waals surface area contributed by atoms with E-state index >= 15 is 0 Å². The second-order valence-electron chi connectivity index (χ2n) is 4.42. The highest BCUT2D eigenvalue weighted by atomic mass is 16.5. The second kappa shape index (κ2) is 7.43. The Bertz CT molecular complexity index is 520. The number of rotatable bonds is 7. The van der Waals surface area contributed by atoms with E-state index in [1.165, 1.54) is 5.56 Å². The Morgan fingerprint density at radius 2 is 1.35 bits per heavy atom. The molecule has 0 bridgehead atoms. The molecule has 0 heterocycles. The highest BCUT2D eigenvalue weighted by molar-refractivity contribution is 5.31. The normalized spacial score (nSPS) is 10.1. The molecule has 3 nitrogen and oxygen atoms in total. The minimum absolute atomic E-state index is 0.516. The lowest BCUT2D eigenvalue weighted by molar-refractivity contribution is 0.217. The molecule has 0 radical (unpaired) electrons. The van der Waals surface area contributed by atoms with E-state index in [1.807, 2.05) is 62.4 Å². The molecule has 0 unspecified atom stereocenters. The maximum atomic E-state index is 5.62. The van der Waals surface area contributed by atoms with Crippen LogP contribution in [0.5, 0.6) is 17.2 Å². The Morgan fingerprint density at radius 1 is 0.750 bits per heavy atom. The first-order valence-electron chi connectivity index (χ1n) is 6.83. The maximum absolute atomic E-state index is 5.62. The predicted octanol–water partition coefficient (Wildman–Crippen LogP) is 3.85. The minimum atomic E-state index is 0.516. The third-order valence-corrected chi connectivity index (χ3v) is 2.75. The van der Waals surface area contributed by atoms with Crippen LogP contribution in [0.4, 0.5) is 0 Å². The number of ether oxygens (including phenoxy) is 3. The first-order valence-corrected chi connectivity index (χ1v) is 6.83. The molecule has 2 rings (SSSR count). The fraction of sp³-hybridized carbons (Fsp3) is 0.294. The van der Waals surface area contributed by atoms with E-state index < -0.39 is 0 Å². The average Bonchev–Trinajstić information content (AvgIpc) is 2.46. The van der Waals surface area contributed by atoms with E-state index in [0.29, 0.717) is 19.8 Å². The van der Waals surface area contributed by atoms with Crippen molar-refractivity contribution in [3.63, 3.8) is 0 Å². The molecular formula is C17H20O3. The standard InChI is InChI=1S/C17H20O3/c1-3-18-15-7-9-16(10-8-15)19-11-12-20-17-6-4-5-14(2)13-17/h4-10,13H,3,11-12H2,1-2H3. The van der Waals surface area contributed by atoms with E-state index in [2.05, 4.69) is 0 Å². The van der Waals surface area contributed by atoms with Gasteiger partial charge in [-0.2, -0.15) is 0 Å². The Morgan fingerprint density at radius 3 is 1.95 bits per heavy atom. The average molecular weight is 272 g/mol. The number of aryl methyl sites for hydroxylation is 1. The van der Waals surface area contributed by atoms with Crippen molar-refractivity contribution in [2.45, 2.75) is 13.8 Å². The zero-order valence-corrected chi connectivity index (χ0v) is 12.0. The van der Waals surface area contributed by atoms with Crippen molar-refractivity contribution in [3.05, 3.63) is 54.1 Å². The molecule has 0 aliphatic rings. The number of hydrogen-bond donors (Lipinski definition) is 0. The largest absolute Gasteiger partial charge is 0.494 e. The third kappa shape index (κ3) is 4.50. The van der Waals surface area contributed by atoms with Crippen LogP contribution < -0.4 is 14.2 Å². The summed E-state index contributed by atoms with van der Waals surface area (Å²) in [5.41, 5.74) is 1.19. The zero-order valence-electron chi connectivity index (χ0n) is 12.0. The minimum Gasteiger partial charge on any atom is -0.494 e. The van der Waals surface area contributed by atoms with Crippen LogP contribution in [0.25, 0.3) is 0 Å². The van der Waals surface area contributed by atoms with Crippen molar-refractivity contribution in [3.8, 4) is 17.2 Å². The Hall–Kier alpha value is -2.16. The molecule has 0 N–H and O–H groups in total. The summed E-state index contributed by atoms with van der Waals surface area (Å²) in [4.78, 5) is 0. The van der Waals surface area contributed by atoms with Gasteiger partial charge in [-0.1, -0.05) is 12.1 Å². The molecule has 0 amide bonds. The van der Waals surface area contributed by atoms with Gasteiger partial charge in [0.1, 0.15) is 30.5 Å². The number of hydrogen-bond acceptors (Lipinski definition) is 3. The summed E-state index contributed by atoms with van der Waals surface area (Å²) in [6.07, 6.45) is 0. The molecule has 2 aromatic carbocycles. The Balaban J connectivity index is 1.73. The molecule has 20 heavy (non-hydrogen) atoms. The van der Waals surface area contributed by atoms with Gasteiger partial charge in [0.25, 0.3) is 0 Å². The van der Waals surface area contributed by atoms with Gasteiger partial charge < -0.3 is 14.2 Å². The molecule has 0 fully saturated rings. The van der Waals surface area contributed by atoms with E-state index in [4.69, 9.17) is 14.2 Å². The zero-order chi connectivity index (χ0) is 14.2. The van der Waals surface area contributed by atoms with Crippen LogP contribution in [0.15, 0.2) is 48.5 Å². The molecule has 0 saturated carbocycles. The molecule has 106 valence electrons. The second-order valence-corrected chi connectivity index (χ2v) is 4.42. The molecule has 0 aliphatic carbocycles.